The van der Waals surface area contributed by atoms with Crippen molar-refractivity contribution in [3.05, 3.63) is 54.1 Å². The summed E-state index contributed by atoms with van der Waals surface area (Å²) in [5, 5.41) is 0. The van der Waals surface area contributed by atoms with E-state index in [-0.39, 0.29) is 18.7 Å². The summed E-state index contributed by atoms with van der Waals surface area (Å²) in [4.78, 5) is 18.9. The molecule has 2 saturated heterocycles. The SMILES string of the molecule is CC(OCCCC1OO1)c1ccc(-c2ccc(OCCCC3OO3)cc2)cc1. The molecule has 2 aliphatic heterocycles. The van der Waals surface area contributed by atoms with Gasteiger partial charge in [0.25, 0.3) is 0 Å². The van der Waals surface area contributed by atoms with Gasteiger partial charge in [-0.3, -0.25) is 0 Å². The van der Waals surface area contributed by atoms with E-state index in [1.807, 2.05) is 12.1 Å². The molecule has 4 rings (SSSR count). The fourth-order valence-electron chi connectivity index (χ4n) is 3.01. The van der Waals surface area contributed by atoms with E-state index in [1.54, 1.807) is 0 Å². The Morgan fingerprint density at radius 3 is 1.86 bits per heavy atom. The third-order valence-corrected chi connectivity index (χ3v) is 4.84. The highest BCUT2D eigenvalue weighted by atomic mass is 17.4. The standard InChI is InChI=1S/C22H26O6/c1-16(23-14-2-4-21-25-26-21)17-6-8-18(9-7-17)19-10-12-20(13-11-19)24-15-3-5-22-27-28-22/h6-13,16,21-22H,2-5,14-15H2,1H3. The molecular formula is C22H26O6. The Hall–Kier alpha value is -1.96. The quantitative estimate of drug-likeness (QED) is 0.292. The molecule has 6 nitrogen and oxygen atoms in total. The average molecular weight is 386 g/mol. The zero-order chi connectivity index (χ0) is 19.2. The van der Waals surface area contributed by atoms with Crippen LogP contribution in [0.4, 0.5) is 0 Å². The van der Waals surface area contributed by atoms with Gasteiger partial charge < -0.3 is 9.47 Å². The Kier molecular flexibility index (Phi) is 6.57. The van der Waals surface area contributed by atoms with Crippen molar-refractivity contribution in [2.24, 2.45) is 0 Å². The van der Waals surface area contributed by atoms with Crippen molar-refractivity contribution in [2.75, 3.05) is 13.2 Å². The van der Waals surface area contributed by atoms with Crippen LogP contribution in [-0.4, -0.2) is 25.8 Å². The van der Waals surface area contributed by atoms with Crippen LogP contribution >= 0.6 is 0 Å². The predicted octanol–water partition coefficient (Wildman–Crippen LogP) is 4.95. The van der Waals surface area contributed by atoms with Crippen LogP contribution < -0.4 is 4.74 Å². The Labute approximate surface area is 165 Å². The lowest BCUT2D eigenvalue weighted by Gasteiger charge is -2.14. The van der Waals surface area contributed by atoms with Crippen molar-refractivity contribution in [2.45, 2.75) is 51.3 Å². The minimum Gasteiger partial charge on any atom is -0.494 e. The fraction of sp³-hybridized carbons (Fsp3) is 0.455. The first kappa shape index (κ1) is 19.4. The van der Waals surface area contributed by atoms with E-state index in [4.69, 9.17) is 29.0 Å². The van der Waals surface area contributed by atoms with Gasteiger partial charge >= 0.3 is 0 Å². The van der Waals surface area contributed by atoms with Gasteiger partial charge in [0.05, 0.1) is 12.7 Å². The molecule has 0 aromatic heterocycles. The highest BCUT2D eigenvalue weighted by Crippen LogP contribution is 2.26. The highest BCUT2D eigenvalue weighted by Gasteiger charge is 2.25. The first-order valence-corrected chi connectivity index (χ1v) is 9.87. The minimum absolute atomic E-state index is 0.0121. The van der Waals surface area contributed by atoms with Crippen LogP contribution in [0.5, 0.6) is 5.75 Å². The molecule has 2 fully saturated rings. The second kappa shape index (κ2) is 9.49. The molecule has 2 heterocycles. The molecule has 28 heavy (non-hydrogen) atoms. The molecule has 0 spiro atoms. The highest BCUT2D eigenvalue weighted by molar-refractivity contribution is 5.64. The molecule has 0 bridgehead atoms. The predicted molar refractivity (Wildman–Crippen MR) is 102 cm³/mol. The molecule has 0 aliphatic carbocycles. The van der Waals surface area contributed by atoms with Crippen LogP contribution in [0.25, 0.3) is 11.1 Å². The van der Waals surface area contributed by atoms with Crippen molar-refractivity contribution in [3.63, 3.8) is 0 Å². The summed E-state index contributed by atoms with van der Waals surface area (Å²) in [6.07, 6.45) is 3.64. The van der Waals surface area contributed by atoms with E-state index in [1.165, 1.54) is 11.1 Å². The maximum absolute atomic E-state index is 5.89. The summed E-state index contributed by atoms with van der Waals surface area (Å²) in [5.74, 6) is 0.877. The molecule has 1 atom stereocenters. The van der Waals surface area contributed by atoms with Crippen LogP contribution in [0.2, 0.25) is 0 Å². The van der Waals surface area contributed by atoms with E-state index in [9.17, 15) is 0 Å². The van der Waals surface area contributed by atoms with E-state index >= 15 is 0 Å². The molecule has 0 amide bonds. The lowest BCUT2D eigenvalue weighted by atomic mass is 10.0. The van der Waals surface area contributed by atoms with Crippen molar-refractivity contribution in [1.82, 2.24) is 0 Å². The molecular weight excluding hydrogens is 360 g/mol. The van der Waals surface area contributed by atoms with Crippen LogP contribution in [0.3, 0.4) is 0 Å². The van der Waals surface area contributed by atoms with Crippen molar-refractivity contribution < 1.29 is 29.0 Å². The summed E-state index contributed by atoms with van der Waals surface area (Å²) in [7, 11) is 0. The second-order valence-corrected chi connectivity index (χ2v) is 7.04. The van der Waals surface area contributed by atoms with Crippen LogP contribution in [0.15, 0.2) is 48.5 Å². The number of benzene rings is 2. The lowest BCUT2D eigenvalue weighted by Crippen LogP contribution is -2.02. The van der Waals surface area contributed by atoms with Crippen molar-refractivity contribution in [3.8, 4) is 16.9 Å². The maximum atomic E-state index is 5.89. The smallest absolute Gasteiger partial charge is 0.224 e. The fourth-order valence-corrected chi connectivity index (χ4v) is 3.01. The molecule has 0 N–H and O–H groups in total. The molecule has 150 valence electrons. The first-order chi connectivity index (χ1) is 13.8. The minimum atomic E-state index is -0.0194. The van der Waals surface area contributed by atoms with Gasteiger partial charge in [-0.15, -0.1) is 0 Å². The van der Waals surface area contributed by atoms with Gasteiger partial charge in [-0.2, -0.15) is 19.6 Å². The third-order valence-electron chi connectivity index (χ3n) is 4.84. The summed E-state index contributed by atoms with van der Waals surface area (Å²) in [6, 6.07) is 16.7. The Morgan fingerprint density at radius 1 is 0.750 bits per heavy atom. The number of rotatable bonds is 12. The van der Waals surface area contributed by atoms with Gasteiger partial charge in [0.15, 0.2) is 0 Å². The summed E-state index contributed by atoms with van der Waals surface area (Å²) >= 11 is 0. The Morgan fingerprint density at radius 2 is 1.29 bits per heavy atom. The van der Waals surface area contributed by atoms with E-state index in [2.05, 4.69) is 43.3 Å². The Bertz CT molecular complexity index is 722. The lowest BCUT2D eigenvalue weighted by molar-refractivity contribution is 0.0620. The van der Waals surface area contributed by atoms with Gasteiger partial charge in [0, 0.05) is 19.4 Å². The molecule has 2 aliphatic rings. The van der Waals surface area contributed by atoms with Crippen LogP contribution in [0.1, 0.15) is 44.3 Å². The largest absolute Gasteiger partial charge is 0.494 e. The average Bonchev–Trinajstić information content (AvgIpc) is 3.64. The monoisotopic (exact) mass is 386 g/mol. The van der Waals surface area contributed by atoms with E-state index < -0.39 is 0 Å². The zero-order valence-corrected chi connectivity index (χ0v) is 16.0. The third kappa shape index (κ3) is 6.02. The van der Waals surface area contributed by atoms with Crippen molar-refractivity contribution in [1.29, 1.82) is 0 Å². The molecule has 2 aromatic carbocycles. The summed E-state index contributed by atoms with van der Waals surface area (Å²) in [5.41, 5.74) is 3.51. The molecule has 0 radical (unpaired) electrons. The van der Waals surface area contributed by atoms with Crippen LogP contribution in [0, 0.1) is 0 Å². The topological polar surface area (TPSA) is 68.6 Å². The molecule has 6 heteroatoms. The molecule has 0 saturated carbocycles. The maximum Gasteiger partial charge on any atom is 0.224 e. The van der Waals surface area contributed by atoms with Gasteiger partial charge in [-0.25, -0.2) is 0 Å². The van der Waals surface area contributed by atoms with Crippen molar-refractivity contribution >= 4 is 0 Å². The van der Waals surface area contributed by atoms with Gasteiger partial charge in [-0.05, 0) is 48.6 Å². The number of hydrogen-bond donors (Lipinski definition) is 0. The summed E-state index contributed by atoms with van der Waals surface area (Å²) < 4.78 is 11.6. The first-order valence-electron chi connectivity index (χ1n) is 9.87. The molecule has 2 aromatic rings. The second-order valence-electron chi connectivity index (χ2n) is 7.04. The number of ether oxygens (including phenoxy) is 2. The van der Waals surface area contributed by atoms with E-state index in [0.29, 0.717) is 13.2 Å². The van der Waals surface area contributed by atoms with Gasteiger partial charge in [0.2, 0.25) is 12.6 Å². The normalized spacial score (nSPS) is 17.5. The van der Waals surface area contributed by atoms with Gasteiger partial charge in [-0.1, -0.05) is 36.4 Å². The van der Waals surface area contributed by atoms with E-state index in [0.717, 1.165) is 37.0 Å². The van der Waals surface area contributed by atoms with Gasteiger partial charge in [0.1, 0.15) is 5.75 Å². The summed E-state index contributed by atoms with van der Waals surface area (Å²) in [6.45, 7) is 3.44. The zero-order valence-electron chi connectivity index (χ0n) is 16.0. The Balaban J connectivity index is 1.22. The number of hydrogen-bond acceptors (Lipinski definition) is 6. The molecule has 1 unspecified atom stereocenters. The van der Waals surface area contributed by atoms with Crippen LogP contribution in [-0.2, 0) is 24.3 Å².